The Bertz CT molecular complexity index is 1070. The molecule has 0 saturated carbocycles. The van der Waals surface area contributed by atoms with Crippen LogP contribution in [0, 0.1) is 30.3 Å². The van der Waals surface area contributed by atoms with Gasteiger partial charge in [0.2, 0.25) is 0 Å². The minimum atomic E-state index is -2.10. The maximum absolute atomic E-state index is 7.69. The van der Waals surface area contributed by atoms with Gasteiger partial charge in [0.25, 0.3) is 0 Å². The van der Waals surface area contributed by atoms with Crippen LogP contribution in [0.3, 0.4) is 0 Å². The Morgan fingerprint density at radius 1 is 1.19 bits per heavy atom. The summed E-state index contributed by atoms with van der Waals surface area (Å²) < 4.78 is 29.4. The number of ether oxygens (including phenoxy) is 1. The zero-order valence-electron chi connectivity index (χ0n) is 24.9. The van der Waals surface area contributed by atoms with E-state index >= 15 is 0 Å². The van der Waals surface area contributed by atoms with Crippen molar-refractivity contribution in [3.05, 3.63) is 62.8 Å². The van der Waals surface area contributed by atoms with Gasteiger partial charge in [0, 0.05) is 41.1 Å². The largest absolute Gasteiger partial charge is 0.770 e. The van der Waals surface area contributed by atoms with E-state index in [1.165, 1.54) is 60.3 Å². The summed E-state index contributed by atoms with van der Waals surface area (Å²) in [6.45, 7) is 2.02. The molecule has 2 aliphatic carbocycles. The third-order valence-corrected chi connectivity index (χ3v) is 9.99. The van der Waals surface area contributed by atoms with E-state index in [-0.39, 0.29) is 32.4 Å². The topological polar surface area (TPSA) is 49.8 Å². The molecular weight excluding hydrogens is 655 g/mol. The number of hydrogen-bond acceptors (Lipinski definition) is 3. The van der Waals surface area contributed by atoms with Crippen molar-refractivity contribution in [2.24, 2.45) is 22.7 Å². The average molecular weight is 699 g/mol. The standard InChI is InChI=1S/C20H26N2OS.C11H15N.Ir/c1-11-6-7-14-13-4-3-5-15(19(13)23-20(14)22-11)18-16-10-12(2)24-17(16)8-9-21-18;1-2-6-10(7-3-1)11-8-4-5-9-12-11;/h5,8,12-14,16,18,20H,3-4,6-7,9-10H2,1-2H3;8H,1-6,9H2;/q2*-2;/t12-,13+,14?,16?,18+,20?;;/m1../s1/i1D3;;. The molecule has 6 heteroatoms. The van der Waals surface area contributed by atoms with Gasteiger partial charge in [-0.3, -0.25) is 11.1 Å². The van der Waals surface area contributed by atoms with Crippen molar-refractivity contribution in [3.63, 3.8) is 0 Å². The first-order chi connectivity index (χ1) is 18.9. The van der Waals surface area contributed by atoms with Crippen LogP contribution >= 0.6 is 11.8 Å². The third-order valence-electron chi connectivity index (χ3n) is 8.66. The van der Waals surface area contributed by atoms with Crippen LogP contribution in [0.15, 0.2) is 44.7 Å². The Labute approximate surface area is 246 Å². The van der Waals surface area contributed by atoms with E-state index in [4.69, 9.17) is 14.2 Å². The molecule has 37 heavy (non-hydrogen) atoms. The van der Waals surface area contributed by atoms with Crippen LogP contribution in [0.4, 0.5) is 0 Å². The number of fused-ring (bicyclic) bond motifs is 4. The Morgan fingerprint density at radius 3 is 2.95 bits per heavy atom. The molecular formula is C31H41IrN3OS-4. The Morgan fingerprint density at radius 2 is 2.14 bits per heavy atom. The maximum Gasteiger partial charge on any atom is 0.171 e. The van der Waals surface area contributed by atoms with Crippen molar-refractivity contribution in [1.82, 2.24) is 0 Å². The molecule has 0 spiro atoms. The van der Waals surface area contributed by atoms with Crippen LogP contribution in [0.1, 0.15) is 88.5 Å². The van der Waals surface area contributed by atoms with E-state index in [0.717, 1.165) is 44.5 Å². The molecule has 0 bridgehead atoms. The Balaban J connectivity index is 0.000000209. The third kappa shape index (κ3) is 5.98. The summed E-state index contributed by atoms with van der Waals surface area (Å²) in [6.07, 6.45) is 22.2. The molecule has 6 atom stereocenters. The number of thioether (sulfide) groups is 1. The predicted octanol–water partition coefficient (Wildman–Crippen LogP) is 8.20. The minimum absolute atomic E-state index is 0. The molecule has 3 unspecified atom stereocenters. The molecule has 0 aromatic heterocycles. The molecule has 0 aromatic rings. The van der Waals surface area contributed by atoms with E-state index in [1.807, 2.05) is 11.8 Å². The van der Waals surface area contributed by atoms with Gasteiger partial charge in [-0.05, 0) is 48.6 Å². The van der Waals surface area contributed by atoms with Gasteiger partial charge in [0.15, 0.2) is 6.23 Å². The summed E-state index contributed by atoms with van der Waals surface area (Å²) in [5.41, 5.74) is 4.25. The molecule has 1 radical (unpaired) electrons. The number of nitrogens with zero attached hydrogens (tertiary/aromatic N) is 3. The van der Waals surface area contributed by atoms with Crippen LogP contribution in [0.2, 0.25) is 0 Å². The summed E-state index contributed by atoms with van der Waals surface area (Å²) in [5, 5.41) is 10.1. The van der Waals surface area contributed by atoms with E-state index < -0.39 is 6.85 Å². The van der Waals surface area contributed by atoms with E-state index in [1.54, 1.807) is 0 Å². The smallest absolute Gasteiger partial charge is 0.171 e. The normalized spacial score (nSPS) is 37.8. The van der Waals surface area contributed by atoms with Crippen molar-refractivity contribution in [2.45, 2.75) is 102 Å². The Hall–Kier alpha value is -0.941. The van der Waals surface area contributed by atoms with Crippen molar-refractivity contribution < 1.29 is 29.0 Å². The zero-order chi connectivity index (χ0) is 27.0. The number of allylic oxidation sites excluding steroid dienone is 4. The molecule has 5 heterocycles. The molecule has 0 aromatic carbocycles. The molecule has 0 N–H and O–H groups in total. The first-order valence-electron chi connectivity index (χ1n) is 15.7. The van der Waals surface area contributed by atoms with Crippen LogP contribution < -0.4 is 0 Å². The van der Waals surface area contributed by atoms with Crippen LogP contribution in [-0.4, -0.2) is 36.3 Å². The summed E-state index contributed by atoms with van der Waals surface area (Å²) in [5.74, 6) is 2.27. The van der Waals surface area contributed by atoms with Gasteiger partial charge in [-0.1, -0.05) is 51.5 Å². The van der Waals surface area contributed by atoms with Crippen LogP contribution in [0.25, 0.3) is 10.6 Å². The van der Waals surface area contributed by atoms with Gasteiger partial charge in [-0.15, -0.1) is 43.7 Å². The SMILES string of the molecule is [2H]C([2H])([2H])C1=NC2OC3=C([C@@H]4[N-]CC=C5S[C@H](C)CC54)[CH-]CC[C@H]3C2CC1.[C-]1=C(C2=CCCC[N-]2)CCCC1.[Ir]. The molecule has 2 saturated heterocycles. The molecule has 5 aliphatic heterocycles. The summed E-state index contributed by atoms with van der Waals surface area (Å²) in [7, 11) is 0. The quantitative estimate of drug-likeness (QED) is 0.273. The number of aliphatic imine (C=N–C) groups is 1. The molecule has 2 fully saturated rings. The number of hydrogen-bond donors (Lipinski definition) is 0. The van der Waals surface area contributed by atoms with E-state index in [2.05, 4.69) is 41.9 Å². The van der Waals surface area contributed by atoms with Crippen LogP contribution in [0.5, 0.6) is 0 Å². The van der Waals surface area contributed by atoms with Gasteiger partial charge in [-0.2, -0.15) is 11.6 Å². The number of rotatable bonds is 2. The van der Waals surface area contributed by atoms with Gasteiger partial charge < -0.3 is 21.1 Å². The minimum Gasteiger partial charge on any atom is -0.770 e. The first kappa shape index (κ1) is 23.9. The first-order valence-corrected chi connectivity index (χ1v) is 15.1. The fourth-order valence-electron chi connectivity index (χ4n) is 6.91. The van der Waals surface area contributed by atoms with Gasteiger partial charge >= 0.3 is 0 Å². The second-order valence-corrected chi connectivity index (χ2v) is 12.7. The summed E-state index contributed by atoms with van der Waals surface area (Å²) in [6, 6.07) is 0.200. The molecule has 7 rings (SSSR count). The summed E-state index contributed by atoms with van der Waals surface area (Å²) >= 11 is 2.01. The second-order valence-electron chi connectivity index (χ2n) is 11.2. The van der Waals surface area contributed by atoms with Gasteiger partial charge in [-0.25, -0.2) is 12.0 Å². The van der Waals surface area contributed by atoms with Crippen molar-refractivity contribution in [2.75, 3.05) is 13.1 Å². The van der Waals surface area contributed by atoms with E-state index in [0.29, 0.717) is 35.1 Å². The van der Waals surface area contributed by atoms with Gasteiger partial charge in [0.1, 0.15) is 0 Å². The van der Waals surface area contributed by atoms with E-state index in [9.17, 15) is 0 Å². The van der Waals surface area contributed by atoms with Crippen molar-refractivity contribution >= 4 is 17.5 Å². The molecule has 0 amide bonds. The average Bonchev–Trinajstić information content (AvgIpc) is 3.53. The zero-order valence-corrected chi connectivity index (χ0v) is 25.1. The fraction of sp³-hybridized carbons (Fsp3) is 0.677. The maximum atomic E-state index is 7.69. The van der Waals surface area contributed by atoms with Crippen molar-refractivity contribution in [3.8, 4) is 0 Å². The second kappa shape index (κ2) is 12.5. The Kier molecular flexibility index (Phi) is 8.07. The molecule has 7 aliphatic rings. The monoisotopic (exact) mass is 699 g/mol. The molecule has 4 nitrogen and oxygen atoms in total. The van der Waals surface area contributed by atoms with Crippen molar-refractivity contribution in [1.29, 1.82) is 0 Å². The molecule has 205 valence electrons. The fourth-order valence-corrected chi connectivity index (χ4v) is 8.25. The van der Waals surface area contributed by atoms with Crippen LogP contribution in [-0.2, 0) is 24.8 Å². The van der Waals surface area contributed by atoms with Gasteiger partial charge in [0.05, 0.1) is 0 Å². The summed E-state index contributed by atoms with van der Waals surface area (Å²) in [4.78, 5) is 6.04. The predicted molar refractivity (Wildman–Crippen MR) is 151 cm³/mol.